The number of carbonyl (C=O) groups excluding carboxylic acids is 3. The summed E-state index contributed by atoms with van der Waals surface area (Å²) >= 11 is 2.29. The summed E-state index contributed by atoms with van der Waals surface area (Å²) in [5, 5.41) is 2.34. The molecule has 126 valence electrons. The van der Waals surface area contributed by atoms with E-state index in [0.29, 0.717) is 18.5 Å². The standard InChI is InChI=1S/C19H15IN2O3/c20-15-7-2-1-4-12(15)11-5-3-6-13-14(11)10-22(19(13)25)16-8-9-17(23)21-18(16)24/h1-7,16H,8-10H2,(H,21,23,24). The van der Waals surface area contributed by atoms with Gasteiger partial charge in [-0.1, -0.05) is 30.3 Å². The van der Waals surface area contributed by atoms with E-state index >= 15 is 0 Å². The first kappa shape index (κ1) is 16.3. The third kappa shape index (κ3) is 2.74. The van der Waals surface area contributed by atoms with E-state index in [1.54, 1.807) is 4.90 Å². The monoisotopic (exact) mass is 446 g/mol. The van der Waals surface area contributed by atoms with Crippen molar-refractivity contribution in [1.29, 1.82) is 0 Å². The molecule has 0 spiro atoms. The number of hydrogen-bond acceptors (Lipinski definition) is 3. The van der Waals surface area contributed by atoms with Crippen molar-refractivity contribution in [3.63, 3.8) is 0 Å². The molecular weight excluding hydrogens is 431 g/mol. The number of hydrogen-bond donors (Lipinski definition) is 1. The van der Waals surface area contributed by atoms with Crippen LogP contribution in [-0.2, 0) is 16.1 Å². The molecule has 2 aliphatic rings. The Kier molecular flexibility index (Phi) is 4.07. The van der Waals surface area contributed by atoms with E-state index in [-0.39, 0.29) is 24.1 Å². The summed E-state index contributed by atoms with van der Waals surface area (Å²) in [6, 6.07) is 13.1. The van der Waals surface area contributed by atoms with Crippen molar-refractivity contribution in [1.82, 2.24) is 10.2 Å². The minimum absolute atomic E-state index is 0.141. The highest BCUT2D eigenvalue weighted by atomic mass is 127. The summed E-state index contributed by atoms with van der Waals surface area (Å²) in [7, 11) is 0. The maximum absolute atomic E-state index is 12.9. The number of benzene rings is 2. The average Bonchev–Trinajstić information content (AvgIpc) is 2.93. The zero-order chi connectivity index (χ0) is 17.6. The molecule has 0 aromatic heterocycles. The van der Waals surface area contributed by atoms with Crippen molar-refractivity contribution >= 4 is 40.3 Å². The topological polar surface area (TPSA) is 66.5 Å². The number of imide groups is 1. The lowest BCUT2D eigenvalue weighted by molar-refractivity contribution is -0.136. The molecular formula is C19H15IN2O3. The van der Waals surface area contributed by atoms with Crippen LogP contribution in [0.1, 0.15) is 28.8 Å². The van der Waals surface area contributed by atoms with Gasteiger partial charge in [0.05, 0.1) is 0 Å². The van der Waals surface area contributed by atoms with E-state index in [1.165, 1.54) is 0 Å². The second-order valence-electron chi connectivity index (χ2n) is 6.21. The minimum Gasteiger partial charge on any atom is -0.322 e. The molecule has 6 heteroatoms. The Morgan fingerprint density at radius 1 is 0.960 bits per heavy atom. The van der Waals surface area contributed by atoms with Crippen LogP contribution in [0.5, 0.6) is 0 Å². The predicted molar refractivity (Wildman–Crippen MR) is 101 cm³/mol. The third-order valence-corrected chi connectivity index (χ3v) is 5.69. The fourth-order valence-corrected chi connectivity index (χ4v) is 4.20. The van der Waals surface area contributed by atoms with Crippen molar-refractivity contribution in [2.24, 2.45) is 0 Å². The van der Waals surface area contributed by atoms with Gasteiger partial charge in [-0.05, 0) is 57.8 Å². The van der Waals surface area contributed by atoms with Crippen LogP contribution in [0.4, 0.5) is 0 Å². The van der Waals surface area contributed by atoms with E-state index in [2.05, 4.69) is 27.9 Å². The molecule has 5 nitrogen and oxygen atoms in total. The number of fused-ring (bicyclic) bond motifs is 1. The lowest BCUT2D eigenvalue weighted by Gasteiger charge is -2.29. The smallest absolute Gasteiger partial charge is 0.255 e. The van der Waals surface area contributed by atoms with Gasteiger partial charge >= 0.3 is 0 Å². The highest BCUT2D eigenvalue weighted by Gasteiger charge is 2.39. The molecule has 3 amide bonds. The number of amides is 3. The number of nitrogens with zero attached hydrogens (tertiary/aromatic N) is 1. The first-order valence-electron chi connectivity index (χ1n) is 8.07. The molecule has 0 radical (unpaired) electrons. The van der Waals surface area contributed by atoms with Crippen molar-refractivity contribution in [3.8, 4) is 11.1 Å². The second kappa shape index (κ2) is 6.25. The van der Waals surface area contributed by atoms with Crippen LogP contribution in [0, 0.1) is 3.57 Å². The van der Waals surface area contributed by atoms with E-state index in [1.807, 2.05) is 42.5 Å². The van der Waals surface area contributed by atoms with Crippen LogP contribution in [0.25, 0.3) is 11.1 Å². The van der Waals surface area contributed by atoms with Gasteiger partial charge in [-0.2, -0.15) is 0 Å². The number of rotatable bonds is 2. The molecule has 0 bridgehead atoms. The SMILES string of the molecule is O=C1CCC(N2Cc3c(cccc3-c3ccccc3I)C2=O)C(=O)N1. The van der Waals surface area contributed by atoms with Crippen LogP contribution < -0.4 is 5.32 Å². The highest BCUT2D eigenvalue weighted by Crippen LogP contribution is 2.36. The minimum atomic E-state index is -0.583. The first-order chi connectivity index (χ1) is 12.1. The Morgan fingerprint density at radius 3 is 2.44 bits per heavy atom. The second-order valence-corrected chi connectivity index (χ2v) is 7.37. The Labute approximate surface area is 158 Å². The van der Waals surface area contributed by atoms with Gasteiger partial charge in [0.1, 0.15) is 6.04 Å². The third-order valence-electron chi connectivity index (χ3n) is 4.75. The summed E-state index contributed by atoms with van der Waals surface area (Å²) in [5.41, 5.74) is 3.69. The Bertz CT molecular complexity index is 909. The normalized spacial score (nSPS) is 19.8. The van der Waals surface area contributed by atoms with E-state index in [0.717, 1.165) is 20.3 Å². The summed E-state index contributed by atoms with van der Waals surface area (Å²) in [6.45, 7) is 0.390. The van der Waals surface area contributed by atoms with E-state index in [9.17, 15) is 14.4 Å². The summed E-state index contributed by atoms with van der Waals surface area (Å²) in [5.74, 6) is -0.796. The Morgan fingerprint density at radius 2 is 1.68 bits per heavy atom. The number of piperidine rings is 1. The van der Waals surface area contributed by atoms with Gasteiger partial charge < -0.3 is 4.90 Å². The molecule has 4 rings (SSSR count). The molecule has 2 heterocycles. The molecule has 1 unspecified atom stereocenters. The summed E-state index contributed by atoms with van der Waals surface area (Å²) in [6.07, 6.45) is 0.641. The largest absolute Gasteiger partial charge is 0.322 e. The van der Waals surface area contributed by atoms with Crippen molar-refractivity contribution in [2.75, 3.05) is 0 Å². The fourth-order valence-electron chi connectivity index (χ4n) is 3.52. The molecule has 1 saturated heterocycles. The number of nitrogens with one attached hydrogen (secondary N) is 1. The van der Waals surface area contributed by atoms with Crippen LogP contribution in [0.3, 0.4) is 0 Å². The lowest BCUT2D eigenvalue weighted by atomic mass is 9.97. The quantitative estimate of drug-likeness (QED) is 0.570. The maximum atomic E-state index is 12.9. The molecule has 1 fully saturated rings. The van der Waals surface area contributed by atoms with Gasteiger partial charge in [0.25, 0.3) is 5.91 Å². The maximum Gasteiger partial charge on any atom is 0.255 e. The highest BCUT2D eigenvalue weighted by molar-refractivity contribution is 14.1. The Balaban J connectivity index is 1.73. The van der Waals surface area contributed by atoms with Gasteiger partial charge in [0.2, 0.25) is 11.8 Å². The molecule has 0 aliphatic carbocycles. The number of halogens is 1. The molecule has 1 atom stereocenters. The summed E-state index contributed by atoms with van der Waals surface area (Å²) < 4.78 is 1.11. The van der Waals surface area contributed by atoms with Gasteiger partial charge in [-0.25, -0.2) is 0 Å². The van der Waals surface area contributed by atoms with Gasteiger partial charge in [-0.15, -0.1) is 0 Å². The zero-order valence-corrected chi connectivity index (χ0v) is 15.4. The number of carbonyl (C=O) groups is 3. The first-order valence-corrected chi connectivity index (χ1v) is 9.15. The van der Waals surface area contributed by atoms with Crippen LogP contribution in [0.15, 0.2) is 42.5 Å². The van der Waals surface area contributed by atoms with Crippen LogP contribution in [0.2, 0.25) is 0 Å². The van der Waals surface area contributed by atoms with Gasteiger partial charge in [-0.3, -0.25) is 19.7 Å². The van der Waals surface area contributed by atoms with Gasteiger partial charge in [0.15, 0.2) is 0 Å². The molecule has 2 aromatic carbocycles. The van der Waals surface area contributed by atoms with Crippen LogP contribution >= 0.6 is 22.6 Å². The van der Waals surface area contributed by atoms with E-state index in [4.69, 9.17) is 0 Å². The van der Waals surface area contributed by atoms with E-state index < -0.39 is 6.04 Å². The summed E-state index contributed by atoms with van der Waals surface area (Å²) in [4.78, 5) is 38.0. The van der Waals surface area contributed by atoms with Crippen molar-refractivity contribution in [3.05, 3.63) is 57.2 Å². The molecule has 1 N–H and O–H groups in total. The molecule has 0 saturated carbocycles. The zero-order valence-electron chi connectivity index (χ0n) is 13.3. The van der Waals surface area contributed by atoms with Crippen LogP contribution in [-0.4, -0.2) is 28.7 Å². The fraction of sp³-hybridized carbons (Fsp3) is 0.211. The molecule has 25 heavy (non-hydrogen) atoms. The van der Waals surface area contributed by atoms with Crippen molar-refractivity contribution < 1.29 is 14.4 Å². The predicted octanol–water partition coefficient (Wildman–Crippen LogP) is 2.72. The Hall–Kier alpha value is -2.22. The molecule has 2 aliphatic heterocycles. The lowest BCUT2D eigenvalue weighted by Crippen LogP contribution is -2.52. The average molecular weight is 446 g/mol. The van der Waals surface area contributed by atoms with Gasteiger partial charge in [0, 0.05) is 22.1 Å². The molecule has 2 aromatic rings. The van der Waals surface area contributed by atoms with Crippen molar-refractivity contribution in [2.45, 2.75) is 25.4 Å².